The van der Waals surface area contributed by atoms with E-state index in [1.807, 2.05) is 0 Å². The molecule has 0 bridgehead atoms. The molecule has 0 atom stereocenters. The third-order valence-electron chi connectivity index (χ3n) is 2.94. The Morgan fingerprint density at radius 3 is 2.83 bits per heavy atom. The lowest BCUT2D eigenvalue weighted by Gasteiger charge is -2.08. The molecule has 0 spiro atoms. The molecule has 0 aliphatic heterocycles. The molecule has 1 heterocycles. The lowest BCUT2D eigenvalue weighted by atomic mass is 10.3. The molecule has 3 aromatic rings. The fourth-order valence-electron chi connectivity index (χ4n) is 1.98. The maximum atomic E-state index is 11.8. The number of aryl methyl sites for hydroxylation is 1. The Kier molecular flexibility index (Phi) is 4.41. The van der Waals surface area contributed by atoms with Crippen molar-refractivity contribution in [2.75, 3.05) is 6.61 Å². The lowest BCUT2D eigenvalue weighted by Crippen LogP contribution is -2.17. The number of rotatable bonds is 4. The number of aromatic nitrogens is 1. The average Bonchev–Trinajstić information content (AvgIpc) is 2.85. The summed E-state index contributed by atoms with van der Waals surface area (Å²) < 4.78 is 15.9. The number of hydrogen-bond donors (Lipinski definition) is 0. The minimum Gasteiger partial charge on any atom is -0.480 e. The number of esters is 1. The van der Waals surface area contributed by atoms with Crippen molar-refractivity contribution in [1.29, 1.82) is 0 Å². The quantitative estimate of drug-likeness (QED) is 0.514. The van der Waals surface area contributed by atoms with E-state index in [0.717, 1.165) is 0 Å². The van der Waals surface area contributed by atoms with Gasteiger partial charge in [-0.1, -0.05) is 23.2 Å². The van der Waals surface area contributed by atoms with Crippen LogP contribution in [0.3, 0.4) is 0 Å². The molecule has 1 aromatic heterocycles. The molecule has 0 aliphatic carbocycles. The SMILES string of the molecule is Cc1nc2cc(OC(=O)COc3ccc(Cl)cc3Cl)ccc2o1. The van der Waals surface area contributed by atoms with E-state index in [9.17, 15) is 4.79 Å². The van der Waals surface area contributed by atoms with Gasteiger partial charge in [0.25, 0.3) is 0 Å². The van der Waals surface area contributed by atoms with Crippen LogP contribution < -0.4 is 9.47 Å². The first-order valence-corrected chi connectivity index (χ1v) is 7.42. The van der Waals surface area contributed by atoms with E-state index in [1.165, 1.54) is 6.07 Å². The molecule has 7 heteroatoms. The fourth-order valence-corrected chi connectivity index (χ4v) is 2.44. The minimum absolute atomic E-state index is 0.281. The molecular weight excluding hydrogens is 341 g/mol. The van der Waals surface area contributed by atoms with Gasteiger partial charge in [0, 0.05) is 18.0 Å². The summed E-state index contributed by atoms with van der Waals surface area (Å²) in [6, 6.07) is 9.68. The molecule has 118 valence electrons. The number of benzene rings is 2. The largest absolute Gasteiger partial charge is 0.480 e. The van der Waals surface area contributed by atoms with Crippen LogP contribution in [0.1, 0.15) is 5.89 Å². The van der Waals surface area contributed by atoms with Crippen LogP contribution in [0.15, 0.2) is 40.8 Å². The summed E-state index contributed by atoms with van der Waals surface area (Å²) in [6.07, 6.45) is 0. The Hall–Kier alpha value is -2.24. The van der Waals surface area contributed by atoms with Crippen LogP contribution in [0.5, 0.6) is 11.5 Å². The van der Waals surface area contributed by atoms with E-state index in [-0.39, 0.29) is 6.61 Å². The summed E-state index contributed by atoms with van der Waals surface area (Å²) in [7, 11) is 0. The number of halogens is 2. The normalized spacial score (nSPS) is 10.7. The molecule has 0 saturated carbocycles. The van der Waals surface area contributed by atoms with E-state index in [2.05, 4.69) is 4.98 Å². The standard InChI is InChI=1S/C16H11Cl2NO4/c1-9-19-13-7-11(3-5-15(13)22-9)23-16(20)8-21-14-4-2-10(17)6-12(14)18/h2-7H,8H2,1H3. The van der Waals surface area contributed by atoms with Gasteiger partial charge in [-0.3, -0.25) is 0 Å². The molecule has 23 heavy (non-hydrogen) atoms. The summed E-state index contributed by atoms with van der Waals surface area (Å²) in [4.78, 5) is 16.0. The van der Waals surface area contributed by atoms with Crippen molar-refractivity contribution in [2.45, 2.75) is 6.92 Å². The summed E-state index contributed by atoms with van der Waals surface area (Å²) in [5, 5.41) is 0.811. The molecule has 0 fully saturated rings. The molecule has 3 rings (SSSR count). The number of carbonyl (C=O) groups excluding carboxylic acids is 1. The maximum Gasteiger partial charge on any atom is 0.349 e. The molecule has 0 saturated heterocycles. The predicted octanol–water partition coefficient (Wildman–Crippen LogP) is 4.43. The number of nitrogens with zero attached hydrogens (tertiary/aromatic N) is 1. The average molecular weight is 352 g/mol. The van der Waals surface area contributed by atoms with Crippen LogP contribution in [0.25, 0.3) is 11.1 Å². The van der Waals surface area contributed by atoms with Crippen LogP contribution in [0.4, 0.5) is 0 Å². The molecule has 0 radical (unpaired) electrons. The summed E-state index contributed by atoms with van der Waals surface area (Å²) in [5.41, 5.74) is 1.25. The Labute approximate surface area is 141 Å². The number of fused-ring (bicyclic) bond motifs is 1. The molecule has 2 aromatic carbocycles. The number of carbonyl (C=O) groups is 1. The van der Waals surface area contributed by atoms with Gasteiger partial charge in [-0.2, -0.15) is 0 Å². The fraction of sp³-hybridized carbons (Fsp3) is 0.125. The highest BCUT2D eigenvalue weighted by Gasteiger charge is 2.10. The van der Waals surface area contributed by atoms with E-state index >= 15 is 0 Å². The number of oxazole rings is 1. The third kappa shape index (κ3) is 3.75. The van der Waals surface area contributed by atoms with Crippen molar-refractivity contribution in [2.24, 2.45) is 0 Å². The van der Waals surface area contributed by atoms with Crippen LogP contribution in [-0.4, -0.2) is 17.6 Å². The first-order valence-electron chi connectivity index (χ1n) is 6.67. The second-order valence-corrected chi connectivity index (χ2v) is 5.54. The van der Waals surface area contributed by atoms with Gasteiger partial charge in [0.15, 0.2) is 18.1 Å². The van der Waals surface area contributed by atoms with Gasteiger partial charge in [0.05, 0.1) is 5.02 Å². The van der Waals surface area contributed by atoms with Crippen molar-refractivity contribution in [3.63, 3.8) is 0 Å². The van der Waals surface area contributed by atoms with Gasteiger partial charge < -0.3 is 13.9 Å². The van der Waals surface area contributed by atoms with E-state index < -0.39 is 5.97 Å². The lowest BCUT2D eigenvalue weighted by molar-refractivity contribution is -0.136. The topological polar surface area (TPSA) is 61.6 Å². The van der Waals surface area contributed by atoms with Crippen molar-refractivity contribution in [3.8, 4) is 11.5 Å². The zero-order valence-electron chi connectivity index (χ0n) is 12.0. The van der Waals surface area contributed by atoms with Gasteiger partial charge in [0.2, 0.25) is 0 Å². The van der Waals surface area contributed by atoms with Gasteiger partial charge in [0.1, 0.15) is 17.0 Å². The molecule has 0 aliphatic rings. The summed E-state index contributed by atoms with van der Waals surface area (Å²) in [5.74, 6) is 0.706. The summed E-state index contributed by atoms with van der Waals surface area (Å²) >= 11 is 11.8. The Bertz CT molecular complexity index is 876. The zero-order valence-corrected chi connectivity index (χ0v) is 13.5. The Morgan fingerprint density at radius 2 is 2.04 bits per heavy atom. The first-order chi connectivity index (χ1) is 11.0. The molecule has 0 amide bonds. The Morgan fingerprint density at radius 1 is 1.22 bits per heavy atom. The Balaban J connectivity index is 1.63. The van der Waals surface area contributed by atoms with Gasteiger partial charge >= 0.3 is 5.97 Å². The van der Waals surface area contributed by atoms with Crippen LogP contribution in [0, 0.1) is 6.92 Å². The smallest absolute Gasteiger partial charge is 0.349 e. The van der Waals surface area contributed by atoms with Crippen molar-refractivity contribution < 1.29 is 18.7 Å². The molecule has 0 N–H and O–H groups in total. The van der Waals surface area contributed by atoms with Crippen LogP contribution in [-0.2, 0) is 4.79 Å². The van der Waals surface area contributed by atoms with E-state index in [0.29, 0.717) is 38.5 Å². The predicted molar refractivity (Wildman–Crippen MR) is 86.3 cm³/mol. The van der Waals surface area contributed by atoms with E-state index in [4.69, 9.17) is 37.1 Å². The minimum atomic E-state index is -0.560. The summed E-state index contributed by atoms with van der Waals surface area (Å²) in [6.45, 7) is 1.46. The highest BCUT2D eigenvalue weighted by atomic mass is 35.5. The van der Waals surface area contributed by atoms with Crippen LogP contribution >= 0.6 is 23.2 Å². The zero-order chi connectivity index (χ0) is 16.4. The van der Waals surface area contributed by atoms with E-state index in [1.54, 1.807) is 37.3 Å². The van der Waals surface area contributed by atoms with Gasteiger partial charge in [-0.15, -0.1) is 0 Å². The maximum absolute atomic E-state index is 11.8. The second kappa shape index (κ2) is 6.48. The third-order valence-corrected chi connectivity index (χ3v) is 3.47. The first kappa shape index (κ1) is 15.6. The highest BCUT2D eigenvalue weighted by molar-refractivity contribution is 6.35. The monoisotopic (exact) mass is 351 g/mol. The highest BCUT2D eigenvalue weighted by Crippen LogP contribution is 2.27. The van der Waals surface area contributed by atoms with Crippen molar-refractivity contribution in [1.82, 2.24) is 4.98 Å². The van der Waals surface area contributed by atoms with Crippen molar-refractivity contribution >= 4 is 40.3 Å². The van der Waals surface area contributed by atoms with Gasteiger partial charge in [-0.05, 0) is 30.3 Å². The number of ether oxygens (including phenoxy) is 2. The van der Waals surface area contributed by atoms with Crippen LogP contribution in [0.2, 0.25) is 10.0 Å². The molecule has 5 nitrogen and oxygen atoms in total. The molecule has 0 unspecified atom stereocenters. The van der Waals surface area contributed by atoms with Crippen molar-refractivity contribution in [3.05, 3.63) is 52.3 Å². The second-order valence-electron chi connectivity index (χ2n) is 4.70. The molecular formula is C16H11Cl2NO4. The van der Waals surface area contributed by atoms with Gasteiger partial charge in [-0.25, -0.2) is 9.78 Å². The number of hydrogen-bond acceptors (Lipinski definition) is 5.